The molecule has 2 rings (SSSR count). The van der Waals surface area contributed by atoms with Crippen molar-refractivity contribution in [1.29, 1.82) is 0 Å². The maximum absolute atomic E-state index is 13.7. The van der Waals surface area contributed by atoms with Crippen LogP contribution in [0.2, 0.25) is 0 Å². The van der Waals surface area contributed by atoms with Gasteiger partial charge in [0.1, 0.15) is 10.7 Å². The Labute approximate surface area is 135 Å². The minimum absolute atomic E-state index is 0.173. The average Bonchev–Trinajstić information content (AvgIpc) is 2.90. The van der Waals surface area contributed by atoms with Gasteiger partial charge in [-0.15, -0.1) is 0 Å². The molecule has 4 nitrogen and oxygen atoms in total. The minimum atomic E-state index is -4.17. The number of hydrogen-bond donors (Lipinski definition) is 0. The van der Waals surface area contributed by atoms with E-state index >= 15 is 0 Å². The molecule has 0 saturated heterocycles. The summed E-state index contributed by atoms with van der Waals surface area (Å²) in [7, 11) is 1.05. The highest BCUT2D eigenvalue weighted by atomic mass is 79.9. The van der Waals surface area contributed by atoms with Gasteiger partial charge in [0.2, 0.25) is 0 Å². The van der Waals surface area contributed by atoms with Crippen molar-refractivity contribution < 1.29 is 22.3 Å². The predicted molar refractivity (Wildman–Crippen MR) is 79.4 cm³/mol. The number of esters is 1. The van der Waals surface area contributed by atoms with E-state index in [4.69, 9.17) is 15.4 Å². The van der Waals surface area contributed by atoms with Crippen LogP contribution in [0.5, 0.6) is 0 Å². The summed E-state index contributed by atoms with van der Waals surface area (Å²) in [5.74, 6) is -1.31. The molecule has 0 aromatic heterocycles. The largest absolute Gasteiger partial charge is 0.462 e. The van der Waals surface area contributed by atoms with Gasteiger partial charge in [0.25, 0.3) is 9.05 Å². The highest BCUT2D eigenvalue weighted by molar-refractivity contribution is 9.10. The van der Waals surface area contributed by atoms with Gasteiger partial charge in [-0.25, -0.2) is 17.6 Å². The summed E-state index contributed by atoms with van der Waals surface area (Å²) in [5.41, 5.74) is -0.173. The Balaban J connectivity index is 2.19. The molecule has 21 heavy (non-hydrogen) atoms. The van der Waals surface area contributed by atoms with E-state index in [1.54, 1.807) is 0 Å². The Morgan fingerprint density at radius 1 is 1.38 bits per heavy atom. The molecule has 1 aliphatic carbocycles. The molecule has 8 heteroatoms. The van der Waals surface area contributed by atoms with Gasteiger partial charge in [-0.05, 0) is 46.8 Å². The van der Waals surface area contributed by atoms with Crippen LogP contribution in [0.25, 0.3) is 0 Å². The molecule has 1 aromatic rings. The van der Waals surface area contributed by atoms with Gasteiger partial charge in [0, 0.05) is 10.7 Å². The van der Waals surface area contributed by atoms with Gasteiger partial charge < -0.3 is 4.74 Å². The first-order chi connectivity index (χ1) is 9.79. The van der Waals surface area contributed by atoms with Crippen molar-refractivity contribution in [3.63, 3.8) is 0 Å². The van der Waals surface area contributed by atoms with Gasteiger partial charge in [0.05, 0.1) is 16.6 Å². The second-order valence-electron chi connectivity index (χ2n) is 4.96. The molecule has 0 amide bonds. The van der Waals surface area contributed by atoms with Crippen LogP contribution in [0, 0.1) is 11.7 Å². The molecule has 0 atom stereocenters. The van der Waals surface area contributed by atoms with E-state index < -0.39 is 25.7 Å². The van der Waals surface area contributed by atoms with Gasteiger partial charge >= 0.3 is 5.97 Å². The van der Waals surface area contributed by atoms with E-state index in [0.29, 0.717) is 5.92 Å². The molecular formula is C13H13BrClFO4S. The smallest absolute Gasteiger partial charge is 0.338 e. The number of benzene rings is 1. The zero-order valence-corrected chi connectivity index (χ0v) is 14.1. The summed E-state index contributed by atoms with van der Waals surface area (Å²) in [5, 5.41) is 0. The van der Waals surface area contributed by atoms with E-state index in [-0.39, 0.29) is 16.6 Å². The van der Waals surface area contributed by atoms with Crippen LogP contribution in [-0.2, 0) is 13.8 Å². The van der Waals surface area contributed by atoms with Crippen molar-refractivity contribution in [2.75, 3.05) is 6.61 Å². The standard InChI is InChI=1S/C13H13BrClFO4S/c14-12-10(16)5-9(6-11(12)21(15,18)19)13(17)20-7-8-3-1-2-4-8/h5-6,8H,1-4,7H2. The van der Waals surface area contributed by atoms with E-state index in [1.807, 2.05) is 0 Å². The first kappa shape index (κ1) is 16.7. The maximum Gasteiger partial charge on any atom is 0.338 e. The van der Waals surface area contributed by atoms with Gasteiger partial charge in [-0.3, -0.25) is 0 Å². The molecule has 0 heterocycles. The number of rotatable bonds is 4. The van der Waals surface area contributed by atoms with E-state index in [2.05, 4.69) is 15.9 Å². The summed E-state index contributed by atoms with van der Waals surface area (Å²) in [6.45, 7) is 0.263. The topological polar surface area (TPSA) is 60.4 Å². The second kappa shape index (κ2) is 6.62. The van der Waals surface area contributed by atoms with Crippen molar-refractivity contribution in [2.45, 2.75) is 30.6 Å². The average molecular weight is 400 g/mol. The van der Waals surface area contributed by atoms with Crippen LogP contribution in [0.3, 0.4) is 0 Å². The quantitative estimate of drug-likeness (QED) is 0.570. The van der Waals surface area contributed by atoms with Gasteiger partial charge in [-0.1, -0.05) is 12.8 Å². The summed E-state index contributed by atoms with van der Waals surface area (Å²) in [6.07, 6.45) is 4.24. The highest BCUT2D eigenvalue weighted by Gasteiger charge is 2.23. The predicted octanol–water partition coefficient (Wildman–Crippen LogP) is 3.86. The Hall–Kier alpha value is -0.660. The number of carbonyl (C=O) groups excluding carboxylic acids is 1. The third-order valence-corrected chi connectivity index (χ3v) is 5.83. The number of carbonyl (C=O) groups is 1. The van der Waals surface area contributed by atoms with Crippen LogP contribution in [0.15, 0.2) is 21.5 Å². The third kappa shape index (κ3) is 4.17. The Morgan fingerprint density at radius 3 is 2.57 bits per heavy atom. The van der Waals surface area contributed by atoms with Crippen molar-refractivity contribution in [2.24, 2.45) is 5.92 Å². The monoisotopic (exact) mass is 398 g/mol. The summed E-state index contributed by atoms with van der Waals surface area (Å²) < 4.78 is 41.2. The van der Waals surface area contributed by atoms with E-state index in [1.165, 1.54) is 0 Å². The SMILES string of the molecule is O=C(OCC1CCCC1)c1cc(F)c(Br)c(S(=O)(=O)Cl)c1. The van der Waals surface area contributed by atoms with Crippen LogP contribution in [-0.4, -0.2) is 21.0 Å². The molecule has 1 fully saturated rings. The first-order valence-electron chi connectivity index (χ1n) is 6.40. The molecular weight excluding hydrogens is 387 g/mol. The summed E-state index contributed by atoms with van der Waals surface area (Å²) >= 11 is 2.80. The molecule has 0 bridgehead atoms. The lowest BCUT2D eigenvalue weighted by molar-refractivity contribution is 0.0441. The molecule has 116 valence electrons. The lowest BCUT2D eigenvalue weighted by Gasteiger charge is -2.11. The highest BCUT2D eigenvalue weighted by Crippen LogP contribution is 2.30. The van der Waals surface area contributed by atoms with Crippen LogP contribution >= 0.6 is 26.6 Å². The molecule has 1 aliphatic rings. The Bertz CT molecular complexity index is 656. The van der Waals surface area contributed by atoms with Crippen molar-refractivity contribution in [3.8, 4) is 0 Å². The molecule has 1 aromatic carbocycles. The fraction of sp³-hybridized carbons (Fsp3) is 0.462. The van der Waals surface area contributed by atoms with Crippen molar-refractivity contribution >= 4 is 41.6 Å². The molecule has 0 aliphatic heterocycles. The number of halogens is 3. The lowest BCUT2D eigenvalue weighted by Crippen LogP contribution is -2.13. The van der Waals surface area contributed by atoms with Gasteiger partial charge in [-0.2, -0.15) is 0 Å². The lowest BCUT2D eigenvalue weighted by atomic mass is 10.1. The van der Waals surface area contributed by atoms with Crippen LogP contribution in [0.4, 0.5) is 4.39 Å². The normalized spacial score (nSPS) is 16.1. The molecule has 0 spiro atoms. The molecule has 1 saturated carbocycles. The molecule has 0 unspecified atom stereocenters. The number of ether oxygens (including phenoxy) is 1. The molecule has 0 N–H and O–H groups in total. The van der Waals surface area contributed by atoms with E-state index in [9.17, 15) is 17.6 Å². The van der Waals surface area contributed by atoms with E-state index in [0.717, 1.165) is 37.8 Å². The maximum atomic E-state index is 13.7. The zero-order chi connectivity index (χ0) is 15.6. The molecule has 0 radical (unpaired) electrons. The van der Waals surface area contributed by atoms with Gasteiger partial charge in [0.15, 0.2) is 0 Å². The fourth-order valence-corrected chi connectivity index (χ4v) is 4.41. The number of hydrogen-bond acceptors (Lipinski definition) is 4. The zero-order valence-electron chi connectivity index (χ0n) is 10.9. The van der Waals surface area contributed by atoms with Crippen LogP contribution in [0.1, 0.15) is 36.0 Å². The fourth-order valence-electron chi connectivity index (χ4n) is 2.31. The Morgan fingerprint density at radius 2 is 2.00 bits per heavy atom. The Kier molecular flexibility index (Phi) is 5.27. The first-order valence-corrected chi connectivity index (χ1v) is 9.50. The minimum Gasteiger partial charge on any atom is -0.462 e. The second-order valence-corrected chi connectivity index (χ2v) is 8.28. The van der Waals surface area contributed by atoms with Crippen LogP contribution < -0.4 is 0 Å². The summed E-state index contributed by atoms with van der Waals surface area (Å²) in [6, 6.07) is 1.93. The summed E-state index contributed by atoms with van der Waals surface area (Å²) in [4.78, 5) is 11.4. The van der Waals surface area contributed by atoms with Crippen molar-refractivity contribution in [3.05, 3.63) is 28.0 Å². The third-order valence-electron chi connectivity index (χ3n) is 3.42. The van der Waals surface area contributed by atoms with Crippen molar-refractivity contribution in [1.82, 2.24) is 0 Å².